The minimum absolute atomic E-state index is 0.135. The smallest absolute Gasteiger partial charge is 0.223 e. The van der Waals surface area contributed by atoms with Crippen LogP contribution in [0.1, 0.15) is 58.4 Å². The lowest BCUT2D eigenvalue weighted by atomic mass is 9.95. The summed E-state index contributed by atoms with van der Waals surface area (Å²) >= 11 is 0. The van der Waals surface area contributed by atoms with E-state index in [1.807, 2.05) is 19.9 Å². The van der Waals surface area contributed by atoms with Crippen molar-refractivity contribution in [3.63, 3.8) is 0 Å². The molecule has 1 amide bonds. The van der Waals surface area contributed by atoms with Crippen LogP contribution < -0.4 is 5.32 Å². The van der Waals surface area contributed by atoms with E-state index in [2.05, 4.69) is 53.6 Å². The molecule has 1 heterocycles. The van der Waals surface area contributed by atoms with Gasteiger partial charge in [0.05, 0.1) is 5.60 Å². The third-order valence-corrected chi connectivity index (χ3v) is 5.25. The standard InChI is InChI=1S/C23H36N2O2/c1-19(9-7-15-23(2,3)27)24-22(26)21-13-17-25(18-14-21)16-8-12-20-10-5-4-6-11-20/h4-6,8,10-12,19,21,27H,7,9,13-18H2,1-3H3,(H,24,26)/b12-8+. The molecule has 1 aliphatic heterocycles. The summed E-state index contributed by atoms with van der Waals surface area (Å²) in [4.78, 5) is 14.9. The number of amides is 1. The van der Waals surface area contributed by atoms with Crippen LogP contribution in [-0.4, -0.2) is 47.2 Å². The number of hydrogen-bond acceptors (Lipinski definition) is 3. The topological polar surface area (TPSA) is 52.6 Å². The predicted octanol–water partition coefficient (Wildman–Crippen LogP) is 3.86. The van der Waals surface area contributed by atoms with Crippen LogP contribution in [0.3, 0.4) is 0 Å². The average molecular weight is 373 g/mol. The number of carbonyl (C=O) groups is 1. The Kier molecular flexibility index (Phi) is 8.52. The molecule has 2 rings (SSSR count). The highest BCUT2D eigenvalue weighted by Crippen LogP contribution is 2.18. The number of likely N-dealkylation sites (tertiary alicyclic amines) is 1. The first-order valence-electron chi connectivity index (χ1n) is 10.3. The fraction of sp³-hybridized carbons (Fsp3) is 0.609. The fourth-order valence-corrected chi connectivity index (χ4v) is 3.55. The molecule has 0 radical (unpaired) electrons. The van der Waals surface area contributed by atoms with E-state index in [9.17, 15) is 9.90 Å². The van der Waals surface area contributed by atoms with Gasteiger partial charge in [-0.05, 0) is 71.5 Å². The van der Waals surface area contributed by atoms with Gasteiger partial charge in [0, 0.05) is 18.5 Å². The number of nitrogens with one attached hydrogen (secondary N) is 1. The highest BCUT2D eigenvalue weighted by molar-refractivity contribution is 5.79. The van der Waals surface area contributed by atoms with E-state index in [4.69, 9.17) is 0 Å². The summed E-state index contributed by atoms with van der Waals surface area (Å²) in [5.41, 5.74) is 0.608. The van der Waals surface area contributed by atoms with Crippen molar-refractivity contribution < 1.29 is 9.90 Å². The van der Waals surface area contributed by atoms with E-state index in [1.165, 1.54) is 5.56 Å². The Bertz CT molecular complexity index is 584. The fourth-order valence-electron chi connectivity index (χ4n) is 3.55. The molecule has 1 aliphatic rings. The molecular formula is C23H36N2O2. The number of benzene rings is 1. The molecule has 4 heteroatoms. The van der Waals surface area contributed by atoms with Crippen LogP contribution in [0, 0.1) is 5.92 Å². The van der Waals surface area contributed by atoms with Crippen molar-refractivity contribution in [2.45, 2.75) is 64.5 Å². The van der Waals surface area contributed by atoms with Crippen LogP contribution in [-0.2, 0) is 4.79 Å². The molecule has 1 unspecified atom stereocenters. The normalized spacial score (nSPS) is 17.9. The van der Waals surface area contributed by atoms with Crippen LogP contribution >= 0.6 is 0 Å². The van der Waals surface area contributed by atoms with Crippen molar-refractivity contribution in [2.75, 3.05) is 19.6 Å². The van der Waals surface area contributed by atoms with Gasteiger partial charge in [-0.25, -0.2) is 0 Å². The lowest BCUT2D eigenvalue weighted by Gasteiger charge is -2.31. The Hall–Kier alpha value is -1.65. The molecule has 27 heavy (non-hydrogen) atoms. The van der Waals surface area contributed by atoms with Crippen LogP contribution in [0.5, 0.6) is 0 Å². The van der Waals surface area contributed by atoms with Gasteiger partial charge in [0.1, 0.15) is 0 Å². The molecule has 0 aromatic heterocycles. The Morgan fingerprint density at radius 1 is 1.30 bits per heavy atom. The number of nitrogens with zero attached hydrogens (tertiary/aromatic N) is 1. The predicted molar refractivity (Wildman–Crippen MR) is 112 cm³/mol. The zero-order valence-corrected chi connectivity index (χ0v) is 17.2. The van der Waals surface area contributed by atoms with Gasteiger partial charge in [-0.15, -0.1) is 0 Å². The third kappa shape index (κ3) is 8.72. The van der Waals surface area contributed by atoms with Gasteiger partial charge in [-0.1, -0.05) is 42.5 Å². The van der Waals surface area contributed by atoms with Gasteiger partial charge >= 0.3 is 0 Å². The maximum atomic E-state index is 12.5. The first-order chi connectivity index (χ1) is 12.8. The van der Waals surface area contributed by atoms with Crippen molar-refractivity contribution in [2.24, 2.45) is 5.92 Å². The molecule has 0 aliphatic carbocycles. The second-order valence-electron chi connectivity index (χ2n) is 8.50. The van der Waals surface area contributed by atoms with Crippen LogP contribution in [0.15, 0.2) is 36.4 Å². The average Bonchev–Trinajstić information content (AvgIpc) is 2.62. The maximum absolute atomic E-state index is 12.5. The maximum Gasteiger partial charge on any atom is 0.223 e. The van der Waals surface area contributed by atoms with Gasteiger partial charge in [0.25, 0.3) is 0 Å². The van der Waals surface area contributed by atoms with Gasteiger partial charge in [-0.2, -0.15) is 0 Å². The van der Waals surface area contributed by atoms with Gasteiger partial charge in [-0.3, -0.25) is 9.69 Å². The van der Waals surface area contributed by atoms with E-state index in [0.29, 0.717) is 0 Å². The minimum atomic E-state index is -0.620. The Morgan fingerprint density at radius 2 is 1.96 bits per heavy atom. The van der Waals surface area contributed by atoms with Crippen molar-refractivity contribution in [1.29, 1.82) is 0 Å². The molecule has 1 fully saturated rings. The molecule has 2 N–H and O–H groups in total. The lowest BCUT2D eigenvalue weighted by molar-refractivity contribution is -0.127. The molecule has 0 spiro atoms. The summed E-state index contributed by atoms with van der Waals surface area (Å²) in [6.45, 7) is 8.62. The van der Waals surface area contributed by atoms with Gasteiger partial charge in [0.15, 0.2) is 0 Å². The van der Waals surface area contributed by atoms with Crippen LogP contribution in [0.2, 0.25) is 0 Å². The van der Waals surface area contributed by atoms with Gasteiger partial charge in [0.2, 0.25) is 5.91 Å². The Balaban J connectivity index is 1.64. The molecule has 0 saturated carbocycles. The summed E-state index contributed by atoms with van der Waals surface area (Å²) < 4.78 is 0. The van der Waals surface area contributed by atoms with E-state index in [0.717, 1.165) is 51.7 Å². The first kappa shape index (κ1) is 21.6. The number of rotatable bonds is 9. The third-order valence-electron chi connectivity index (χ3n) is 5.25. The number of carbonyl (C=O) groups excluding carboxylic acids is 1. The summed E-state index contributed by atoms with van der Waals surface area (Å²) in [5, 5.41) is 12.9. The van der Waals surface area contributed by atoms with Crippen molar-refractivity contribution in [1.82, 2.24) is 10.2 Å². The SMILES string of the molecule is CC(CCCC(C)(C)O)NC(=O)C1CCN(C/C=C/c2ccccc2)CC1. The second-order valence-corrected chi connectivity index (χ2v) is 8.50. The zero-order valence-electron chi connectivity index (χ0n) is 17.2. The van der Waals surface area contributed by atoms with E-state index in [1.54, 1.807) is 0 Å². The Morgan fingerprint density at radius 3 is 2.59 bits per heavy atom. The summed E-state index contributed by atoms with van der Waals surface area (Å²) in [6, 6.07) is 10.5. The van der Waals surface area contributed by atoms with Crippen LogP contribution in [0.25, 0.3) is 6.08 Å². The number of aliphatic hydroxyl groups is 1. The molecular weight excluding hydrogens is 336 g/mol. The second kappa shape index (κ2) is 10.6. The van der Waals surface area contributed by atoms with E-state index >= 15 is 0 Å². The Labute approximate surface area is 164 Å². The monoisotopic (exact) mass is 372 g/mol. The summed E-state index contributed by atoms with van der Waals surface area (Å²) in [5.74, 6) is 0.335. The molecule has 1 saturated heterocycles. The van der Waals surface area contributed by atoms with Gasteiger partial charge < -0.3 is 10.4 Å². The molecule has 1 aromatic carbocycles. The highest BCUT2D eigenvalue weighted by atomic mass is 16.3. The largest absolute Gasteiger partial charge is 0.390 e. The van der Waals surface area contributed by atoms with Crippen LogP contribution in [0.4, 0.5) is 0 Å². The molecule has 1 atom stereocenters. The van der Waals surface area contributed by atoms with E-state index < -0.39 is 5.60 Å². The first-order valence-corrected chi connectivity index (χ1v) is 10.3. The summed E-state index contributed by atoms with van der Waals surface area (Å²) in [7, 11) is 0. The van der Waals surface area contributed by atoms with Crippen molar-refractivity contribution in [3.05, 3.63) is 42.0 Å². The number of hydrogen-bond donors (Lipinski definition) is 2. The minimum Gasteiger partial charge on any atom is -0.390 e. The van der Waals surface area contributed by atoms with Crippen molar-refractivity contribution >= 4 is 12.0 Å². The molecule has 1 aromatic rings. The number of piperidine rings is 1. The zero-order chi connectivity index (χ0) is 19.7. The van der Waals surface area contributed by atoms with E-state index in [-0.39, 0.29) is 17.9 Å². The summed E-state index contributed by atoms with van der Waals surface area (Å²) in [6.07, 6.45) is 8.84. The van der Waals surface area contributed by atoms with Crippen molar-refractivity contribution in [3.8, 4) is 0 Å². The lowest BCUT2D eigenvalue weighted by Crippen LogP contribution is -2.43. The molecule has 150 valence electrons. The molecule has 4 nitrogen and oxygen atoms in total. The molecule has 0 bridgehead atoms. The quantitative estimate of drug-likeness (QED) is 0.692. The highest BCUT2D eigenvalue weighted by Gasteiger charge is 2.25.